The van der Waals surface area contributed by atoms with Crippen LogP contribution in [0.3, 0.4) is 0 Å². The average Bonchev–Trinajstić information content (AvgIpc) is 2.50. The van der Waals surface area contributed by atoms with Crippen molar-refractivity contribution in [2.24, 2.45) is 5.92 Å². The van der Waals surface area contributed by atoms with Gasteiger partial charge in [0.1, 0.15) is 5.75 Å². The number of aliphatic hydroxyl groups excluding tert-OH is 1. The molecule has 1 aliphatic rings. The molecular formula is C17H24ClNO3. The average molecular weight is 326 g/mol. The van der Waals surface area contributed by atoms with Crippen molar-refractivity contribution in [1.82, 2.24) is 4.90 Å². The maximum atomic E-state index is 12.6. The summed E-state index contributed by atoms with van der Waals surface area (Å²) in [7, 11) is 0. The van der Waals surface area contributed by atoms with E-state index in [4.69, 9.17) is 16.3 Å². The molecule has 0 aromatic heterocycles. The smallest absolute Gasteiger partial charge is 0.263 e. The number of aliphatic hydroxyl groups is 1. The van der Waals surface area contributed by atoms with Crippen LogP contribution in [-0.4, -0.2) is 41.2 Å². The lowest BCUT2D eigenvalue weighted by atomic mass is 9.93. The van der Waals surface area contributed by atoms with E-state index in [1.54, 1.807) is 13.0 Å². The van der Waals surface area contributed by atoms with E-state index in [-0.39, 0.29) is 24.5 Å². The summed E-state index contributed by atoms with van der Waals surface area (Å²) >= 11 is 6.12. The largest absolute Gasteiger partial charge is 0.479 e. The van der Waals surface area contributed by atoms with Gasteiger partial charge in [0, 0.05) is 19.2 Å². The number of hydrogen-bond donors (Lipinski definition) is 1. The minimum absolute atomic E-state index is 0.0526. The van der Waals surface area contributed by atoms with Crippen molar-refractivity contribution in [3.63, 3.8) is 0 Å². The summed E-state index contributed by atoms with van der Waals surface area (Å²) in [4.78, 5) is 14.5. The molecular weight excluding hydrogens is 302 g/mol. The van der Waals surface area contributed by atoms with Crippen LogP contribution in [0.5, 0.6) is 5.75 Å². The molecule has 22 heavy (non-hydrogen) atoms. The molecule has 2 rings (SSSR count). The van der Waals surface area contributed by atoms with Gasteiger partial charge in [0.15, 0.2) is 6.10 Å². The third kappa shape index (κ3) is 3.93. The maximum Gasteiger partial charge on any atom is 0.263 e. The van der Waals surface area contributed by atoms with E-state index in [9.17, 15) is 9.90 Å². The molecule has 1 heterocycles. The van der Waals surface area contributed by atoms with E-state index < -0.39 is 6.10 Å². The second kappa shape index (κ2) is 7.34. The Morgan fingerprint density at radius 1 is 1.50 bits per heavy atom. The molecule has 0 aliphatic carbocycles. The fourth-order valence-electron chi connectivity index (χ4n) is 2.81. The Labute approximate surface area is 137 Å². The number of amides is 1. The Kier molecular flexibility index (Phi) is 5.70. The van der Waals surface area contributed by atoms with Crippen LogP contribution < -0.4 is 4.74 Å². The van der Waals surface area contributed by atoms with E-state index in [1.807, 2.05) is 30.9 Å². The molecule has 0 bridgehead atoms. The van der Waals surface area contributed by atoms with Gasteiger partial charge in [0.2, 0.25) is 0 Å². The highest BCUT2D eigenvalue weighted by Crippen LogP contribution is 2.28. The van der Waals surface area contributed by atoms with Crippen LogP contribution in [-0.2, 0) is 4.79 Å². The van der Waals surface area contributed by atoms with Crippen LogP contribution in [0.25, 0.3) is 0 Å². The maximum absolute atomic E-state index is 12.6. The van der Waals surface area contributed by atoms with Gasteiger partial charge in [0.25, 0.3) is 5.91 Å². The van der Waals surface area contributed by atoms with Gasteiger partial charge < -0.3 is 14.7 Å². The highest BCUT2D eigenvalue weighted by molar-refractivity contribution is 6.32. The van der Waals surface area contributed by atoms with Gasteiger partial charge in [-0.1, -0.05) is 17.7 Å². The number of ether oxygens (including phenoxy) is 1. The SMILES string of the molecule is Cc1ccc(Cl)c(OC(C)C(=O)N2CC(CO)CCC2C)c1. The molecule has 1 amide bonds. The molecule has 1 aliphatic heterocycles. The monoisotopic (exact) mass is 325 g/mol. The first-order valence-corrected chi connectivity index (χ1v) is 8.14. The third-order valence-corrected chi connectivity index (χ3v) is 4.57. The lowest BCUT2D eigenvalue weighted by molar-refractivity contribution is -0.142. The zero-order valence-electron chi connectivity index (χ0n) is 13.4. The lowest BCUT2D eigenvalue weighted by Crippen LogP contribution is -2.50. The van der Waals surface area contributed by atoms with Crippen molar-refractivity contribution >= 4 is 17.5 Å². The fourth-order valence-corrected chi connectivity index (χ4v) is 2.98. The quantitative estimate of drug-likeness (QED) is 0.925. The zero-order valence-corrected chi connectivity index (χ0v) is 14.1. The number of carbonyl (C=O) groups is 1. The van der Waals surface area contributed by atoms with Gasteiger partial charge in [-0.15, -0.1) is 0 Å². The van der Waals surface area contributed by atoms with E-state index in [1.165, 1.54) is 0 Å². The molecule has 1 fully saturated rings. The first-order valence-electron chi connectivity index (χ1n) is 7.76. The van der Waals surface area contributed by atoms with Crippen molar-refractivity contribution < 1.29 is 14.6 Å². The number of aryl methyl sites for hydroxylation is 1. The van der Waals surface area contributed by atoms with E-state index in [2.05, 4.69) is 0 Å². The molecule has 1 aromatic rings. The topological polar surface area (TPSA) is 49.8 Å². The number of piperidine rings is 1. The number of likely N-dealkylation sites (tertiary alicyclic amines) is 1. The van der Waals surface area contributed by atoms with Crippen LogP contribution in [0.4, 0.5) is 0 Å². The van der Waals surface area contributed by atoms with Gasteiger partial charge in [-0.3, -0.25) is 4.79 Å². The highest BCUT2D eigenvalue weighted by Gasteiger charge is 2.32. The summed E-state index contributed by atoms with van der Waals surface area (Å²) in [5.74, 6) is 0.643. The summed E-state index contributed by atoms with van der Waals surface area (Å²) in [5.41, 5.74) is 1.03. The third-order valence-electron chi connectivity index (χ3n) is 4.26. The van der Waals surface area contributed by atoms with Gasteiger partial charge in [-0.05, 0) is 57.2 Å². The van der Waals surface area contributed by atoms with Crippen molar-refractivity contribution in [3.8, 4) is 5.75 Å². The first kappa shape index (κ1) is 17.1. The van der Waals surface area contributed by atoms with Crippen molar-refractivity contribution in [3.05, 3.63) is 28.8 Å². The van der Waals surface area contributed by atoms with Gasteiger partial charge >= 0.3 is 0 Å². The first-order chi connectivity index (χ1) is 10.4. The van der Waals surface area contributed by atoms with Crippen molar-refractivity contribution in [1.29, 1.82) is 0 Å². The zero-order chi connectivity index (χ0) is 16.3. The molecule has 5 heteroatoms. The molecule has 1 aromatic carbocycles. The number of halogens is 1. The predicted molar refractivity (Wildman–Crippen MR) is 87.3 cm³/mol. The molecule has 0 spiro atoms. The van der Waals surface area contributed by atoms with Crippen LogP contribution in [0.1, 0.15) is 32.3 Å². The van der Waals surface area contributed by atoms with Gasteiger partial charge in [-0.2, -0.15) is 0 Å². The second-order valence-corrected chi connectivity index (χ2v) is 6.57. The molecule has 3 atom stereocenters. The van der Waals surface area contributed by atoms with Crippen molar-refractivity contribution in [2.75, 3.05) is 13.2 Å². The summed E-state index contributed by atoms with van der Waals surface area (Å²) in [5, 5.41) is 9.84. The fraction of sp³-hybridized carbons (Fsp3) is 0.588. The number of rotatable bonds is 4. The highest BCUT2D eigenvalue weighted by atomic mass is 35.5. The van der Waals surface area contributed by atoms with Crippen LogP contribution >= 0.6 is 11.6 Å². The number of carbonyl (C=O) groups excluding carboxylic acids is 1. The van der Waals surface area contributed by atoms with Crippen LogP contribution in [0, 0.1) is 12.8 Å². The minimum Gasteiger partial charge on any atom is -0.479 e. The Balaban J connectivity index is 2.06. The van der Waals surface area contributed by atoms with Crippen molar-refractivity contribution in [2.45, 2.75) is 45.8 Å². The number of benzene rings is 1. The standard InChI is InChI=1S/C17H24ClNO3/c1-11-4-7-15(18)16(8-11)22-13(3)17(21)19-9-14(10-20)6-5-12(19)2/h4,7-8,12-14,20H,5-6,9-10H2,1-3H3. The summed E-state index contributed by atoms with van der Waals surface area (Å²) in [6, 6.07) is 5.69. The van der Waals surface area contributed by atoms with Gasteiger partial charge in [-0.25, -0.2) is 0 Å². The molecule has 0 radical (unpaired) electrons. The Hall–Kier alpha value is -1.26. The lowest BCUT2D eigenvalue weighted by Gasteiger charge is -2.38. The molecule has 1 saturated heterocycles. The summed E-state index contributed by atoms with van der Waals surface area (Å²) < 4.78 is 5.77. The normalized spacial score (nSPS) is 23.2. The van der Waals surface area contributed by atoms with E-state index in [0.29, 0.717) is 17.3 Å². The predicted octanol–water partition coefficient (Wildman–Crippen LogP) is 3.04. The molecule has 1 N–H and O–H groups in total. The minimum atomic E-state index is -0.598. The van der Waals surface area contributed by atoms with Crippen LogP contribution in [0.15, 0.2) is 18.2 Å². The molecule has 122 valence electrons. The number of nitrogens with zero attached hydrogens (tertiary/aromatic N) is 1. The summed E-state index contributed by atoms with van der Waals surface area (Å²) in [6.07, 6.45) is 1.27. The second-order valence-electron chi connectivity index (χ2n) is 6.16. The molecule has 0 saturated carbocycles. The van der Waals surface area contributed by atoms with Gasteiger partial charge in [0.05, 0.1) is 5.02 Å². The number of hydrogen-bond acceptors (Lipinski definition) is 3. The van der Waals surface area contributed by atoms with E-state index in [0.717, 1.165) is 18.4 Å². The molecule has 4 nitrogen and oxygen atoms in total. The summed E-state index contributed by atoms with van der Waals surface area (Å²) in [6.45, 7) is 6.45. The van der Waals surface area contributed by atoms with Crippen LogP contribution in [0.2, 0.25) is 5.02 Å². The Morgan fingerprint density at radius 2 is 2.23 bits per heavy atom. The Morgan fingerprint density at radius 3 is 2.91 bits per heavy atom. The molecule has 3 unspecified atom stereocenters. The Bertz CT molecular complexity index is 535. The van der Waals surface area contributed by atoms with E-state index >= 15 is 0 Å².